The van der Waals surface area contributed by atoms with Gasteiger partial charge in [0.1, 0.15) is 0 Å². The molecule has 0 aliphatic rings. The molecular weight excluding hydrogens is 160 g/mol. The van der Waals surface area contributed by atoms with Crippen molar-refractivity contribution < 1.29 is 9.32 Å². The first-order valence-corrected chi connectivity index (χ1v) is 3.46. The van der Waals surface area contributed by atoms with Gasteiger partial charge in [0.05, 0.1) is 6.04 Å². The number of nitrogens with two attached hydrogens (primary N) is 1. The molecule has 0 aliphatic carbocycles. The Morgan fingerprint density at radius 3 is 2.83 bits per heavy atom. The van der Waals surface area contributed by atoms with Crippen molar-refractivity contribution in [3.05, 3.63) is 11.7 Å². The zero-order valence-electron chi connectivity index (χ0n) is 6.87. The Hall–Kier alpha value is -1.43. The van der Waals surface area contributed by atoms with Gasteiger partial charge in [-0.1, -0.05) is 5.16 Å². The lowest BCUT2D eigenvalue weighted by molar-refractivity contribution is 0.0950. The largest absolute Gasteiger partial charge is 0.352 e. The molecular formula is C6H10N4O2. The second-order valence-electron chi connectivity index (χ2n) is 2.32. The Morgan fingerprint density at radius 2 is 2.42 bits per heavy atom. The van der Waals surface area contributed by atoms with E-state index < -0.39 is 0 Å². The molecule has 0 radical (unpaired) electrons. The Labute approximate surface area is 69.1 Å². The normalized spacial score (nSPS) is 12.6. The molecule has 1 amide bonds. The third-order valence-corrected chi connectivity index (χ3v) is 1.26. The molecule has 0 aliphatic heterocycles. The summed E-state index contributed by atoms with van der Waals surface area (Å²) < 4.78 is 4.70. The smallest absolute Gasteiger partial charge is 0.292 e. The first kappa shape index (κ1) is 8.66. The van der Waals surface area contributed by atoms with E-state index in [4.69, 9.17) is 10.3 Å². The van der Waals surface area contributed by atoms with Crippen LogP contribution in [0.15, 0.2) is 4.52 Å². The molecule has 0 unspecified atom stereocenters. The van der Waals surface area contributed by atoms with E-state index in [0.29, 0.717) is 0 Å². The highest BCUT2D eigenvalue weighted by Crippen LogP contribution is 2.05. The van der Waals surface area contributed by atoms with E-state index in [1.54, 1.807) is 6.92 Å². The maximum Gasteiger partial charge on any atom is 0.292 e. The van der Waals surface area contributed by atoms with Gasteiger partial charge in [-0.25, -0.2) is 0 Å². The highest BCUT2D eigenvalue weighted by molar-refractivity contribution is 5.89. The van der Waals surface area contributed by atoms with E-state index >= 15 is 0 Å². The third kappa shape index (κ3) is 1.59. The second kappa shape index (κ2) is 3.31. The minimum atomic E-state index is -0.384. The number of carbonyl (C=O) groups excluding carboxylic acids is 1. The molecule has 1 aromatic heterocycles. The number of nitrogens with zero attached hydrogens (tertiary/aromatic N) is 2. The van der Waals surface area contributed by atoms with Gasteiger partial charge >= 0.3 is 0 Å². The zero-order chi connectivity index (χ0) is 9.14. The SMILES string of the molecule is CNC(=O)c1noc([C@@H](C)N)n1. The summed E-state index contributed by atoms with van der Waals surface area (Å²) in [7, 11) is 1.49. The molecule has 6 heteroatoms. The minimum absolute atomic E-state index is 0.00444. The summed E-state index contributed by atoms with van der Waals surface area (Å²) >= 11 is 0. The first-order chi connectivity index (χ1) is 5.65. The Bertz CT molecular complexity index is 281. The maximum atomic E-state index is 10.9. The standard InChI is InChI=1S/C6H10N4O2/c1-3(7)6-9-4(10-12-6)5(11)8-2/h3H,7H2,1-2H3,(H,8,11)/t3-/m1/s1. The van der Waals surface area contributed by atoms with Gasteiger partial charge in [-0.05, 0) is 6.92 Å². The van der Waals surface area contributed by atoms with E-state index in [-0.39, 0.29) is 23.7 Å². The van der Waals surface area contributed by atoms with E-state index in [9.17, 15) is 4.79 Å². The van der Waals surface area contributed by atoms with Gasteiger partial charge in [0.2, 0.25) is 5.89 Å². The van der Waals surface area contributed by atoms with Gasteiger partial charge in [0.15, 0.2) is 0 Å². The van der Waals surface area contributed by atoms with Crippen LogP contribution in [0.2, 0.25) is 0 Å². The van der Waals surface area contributed by atoms with Gasteiger partial charge < -0.3 is 15.6 Å². The highest BCUT2D eigenvalue weighted by Gasteiger charge is 2.14. The van der Waals surface area contributed by atoms with Crippen molar-refractivity contribution in [3.8, 4) is 0 Å². The predicted octanol–water partition coefficient (Wildman–Crippen LogP) is -0.551. The minimum Gasteiger partial charge on any atom is -0.352 e. The summed E-state index contributed by atoms with van der Waals surface area (Å²) in [5.41, 5.74) is 5.44. The van der Waals surface area contributed by atoms with E-state index in [0.717, 1.165) is 0 Å². The first-order valence-electron chi connectivity index (χ1n) is 3.46. The third-order valence-electron chi connectivity index (χ3n) is 1.26. The number of rotatable bonds is 2. The van der Waals surface area contributed by atoms with Gasteiger partial charge in [0.25, 0.3) is 11.7 Å². The number of aromatic nitrogens is 2. The molecule has 0 bridgehead atoms. The lowest BCUT2D eigenvalue weighted by Gasteiger charge is -1.92. The molecule has 0 aromatic carbocycles. The summed E-state index contributed by atoms with van der Waals surface area (Å²) in [5.74, 6) is -0.121. The molecule has 0 saturated carbocycles. The summed E-state index contributed by atoms with van der Waals surface area (Å²) in [6, 6.07) is -0.351. The molecule has 1 rings (SSSR count). The number of hydrogen-bond acceptors (Lipinski definition) is 5. The van der Waals surface area contributed by atoms with Crippen molar-refractivity contribution in [2.24, 2.45) is 5.73 Å². The Morgan fingerprint density at radius 1 is 1.75 bits per heavy atom. The van der Waals surface area contributed by atoms with Crippen LogP contribution in [0.25, 0.3) is 0 Å². The van der Waals surface area contributed by atoms with E-state index in [2.05, 4.69) is 15.5 Å². The number of amides is 1. The molecule has 6 nitrogen and oxygen atoms in total. The second-order valence-corrected chi connectivity index (χ2v) is 2.32. The van der Waals surface area contributed by atoms with Crippen molar-refractivity contribution in [1.29, 1.82) is 0 Å². The average Bonchev–Trinajstić information content (AvgIpc) is 2.51. The van der Waals surface area contributed by atoms with Gasteiger partial charge in [-0.3, -0.25) is 4.79 Å². The molecule has 0 saturated heterocycles. The molecule has 0 fully saturated rings. The van der Waals surface area contributed by atoms with Crippen LogP contribution in [0.3, 0.4) is 0 Å². The number of carbonyl (C=O) groups is 1. The van der Waals surface area contributed by atoms with Crippen LogP contribution < -0.4 is 11.1 Å². The van der Waals surface area contributed by atoms with Crippen LogP contribution in [0.5, 0.6) is 0 Å². The van der Waals surface area contributed by atoms with Gasteiger partial charge in [-0.15, -0.1) is 0 Å². The van der Waals surface area contributed by atoms with Crippen LogP contribution in [0.4, 0.5) is 0 Å². The Balaban J connectivity index is 2.84. The van der Waals surface area contributed by atoms with Gasteiger partial charge in [0, 0.05) is 7.05 Å². The molecule has 1 atom stereocenters. The maximum absolute atomic E-state index is 10.9. The molecule has 3 N–H and O–H groups in total. The predicted molar refractivity (Wildman–Crippen MR) is 40.3 cm³/mol. The Kier molecular flexibility index (Phi) is 2.39. The monoisotopic (exact) mass is 170 g/mol. The fourth-order valence-electron chi connectivity index (χ4n) is 0.624. The van der Waals surface area contributed by atoms with Crippen LogP contribution in [0, 0.1) is 0 Å². The quantitative estimate of drug-likeness (QED) is 0.621. The number of hydrogen-bond donors (Lipinski definition) is 2. The van der Waals surface area contributed by atoms with Crippen LogP contribution >= 0.6 is 0 Å². The molecule has 1 aromatic rings. The van der Waals surface area contributed by atoms with Crippen molar-refractivity contribution >= 4 is 5.91 Å². The fourth-order valence-corrected chi connectivity index (χ4v) is 0.624. The van der Waals surface area contributed by atoms with E-state index in [1.807, 2.05) is 0 Å². The lowest BCUT2D eigenvalue weighted by atomic mass is 10.4. The molecule has 12 heavy (non-hydrogen) atoms. The molecule has 0 spiro atoms. The lowest BCUT2D eigenvalue weighted by Crippen LogP contribution is -2.19. The average molecular weight is 170 g/mol. The summed E-state index contributed by atoms with van der Waals surface area (Å²) in [4.78, 5) is 14.7. The molecule has 1 heterocycles. The summed E-state index contributed by atoms with van der Waals surface area (Å²) in [5, 5.41) is 5.80. The molecule has 66 valence electrons. The van der Waals surface area contributed by atoms with Crippen LogP contribution in [-0.4, -0.2) is 23.1 Å². The highest BCUT2D eigenvalue weighted by atomic mass is 16.5. The zero-order valence-corrected chi connectivity index (χ0v) is 6.87. The van der Waals surface area contributed by atoms with Crippen molar-refractivity contribution in [2.45, 2.75) is 13.0 Å². The van der Waals surface area contributed by atoms with Crippen molar-refractivity contribution in [2.75, 3.05) is 7.05 Å². The van der Waals surface area contributed by atoms with Crippen molar-refractivity contribution in [1.82, 2.24) is 15.5 Å². The summed E-state index contributed by atoms with van der Waals surface area (Å²) in [6.07, 6.45) is 0. The van der Waals surface area contributed by atoms with Gasteiger partial charge in [-0.2, -0.15) is 4.98 Å². The van der Waals surface area contributed by atoms with E-state index in [1.165, 1.54) is 7.05 Å². The fraction of sp³-hybridized carbons (Fsp3) is 0.500. The number of nitrogens with one attached hydrogen (secondary N) is 1. The topological polar surface area (TPSA) is 94.0 Å². The summed E-state index contributed by atoms with van der Waals surface area (Å²) in [6.45, 7) is 1.70. The van der Waals surface area contributed by atoms with Crippen LogP contribution in [0.1, 0.15) is 29.5 Å². The van der Waals surface area contributed by atoms with Crippen molar-refractivity contribution in [3.63, 3.8) is 0 Å². The van der Waals surface area contributed by atoms with Crippen LogP contribution in [-0.2, 0) is 0 Å².